The fourth-order valence-electron chi connectivity index (χ4n) is 4.03. The summed E-state index contributed by atoms with van der Waals surface area (Å²) in [7, 11) is 0. The summed E-state index contributed by atoms with van der Waals surface area (Å²) in [4.78, 5) is 2.50. The van der Waals surface area contributed by atoms with E-state index in [2.05, 4.69) is 50.2 Å². The molecular weight excluding hydrogens is 338 g/mol. The zero-order chi connectivity index (χ0) is 17.9. The first-order valence-electron chi connectivity index (χ1n) is 9.37. The molecule has 2 nitrogen and oxygen atoms in total. The summed E-state index contributed by atoms with van der Waals surface area (Å²) in [5, 5.41) is 0. The molecular formula is C23H23NOS. The predicted molar refractivity (Wildman–Crippen MR) is 109 cm³/mol. The van der Waals surface area contributed by atoms with Gasteiger partial charge in [0, 0.05) is 32.0 Å². The molecule has 0 amide bonds. The maximum absolute atomic E-state index is 6.44. The Bertz CT molecular complexity index is 1010. The van der Waals surface area contributed by atoms with Crippen LogP contribution in [0.5, 0.6) is 11.5 Å². The lowest BCUT2D eigenvalue weighted by Crippen LogP contribution is -2.27. The second-order valence-electron chi connectivity index (χ2n) is 8.00. The van der Waals surface area contributed by atoms with Crippen LogP contribution in [0.3, 0.4) is 0 Å². The molecule has 0 atom stereocenters. The lowest BCUT2D eigenvalue weighted by Gasteiger charge is -2.19. The monoisotopic (exact) mass is 361 g/mol. The molecule has 1 aromatic heterocycles. The van der Waals surface area contributed by atoms with Gasteiger partial charge in [-0.05, 0) is 74.9 Å². The molecule has 1 aliphatic heterocycles. The molecule has 3 heteroatoms. The van der Waals surface area contributed by atoms with Crippen molar-refractivity contribution in [2.75, 3.05) is 0 Å². The Kier molecular flexibility index (Phi) is 3.53. The minimum atomic E-state index is -0.346. The van der Waals surface area contributed by atoms with Gasteiger partial charge in [-0.3, -0.25) is 0 Å². The molecule has 2 N–H and O–H groups in total. The van der Waals surface area contributed by atoms with Gasteiger partial charge in [0.25, 0.3) is 0 Å². The lowest BCUT2D eigenvalue weighted by atomic mass is 9.89. The highest BCUT2D eigenvalue weighted by Gasteiger charge is 2.28. The molecule has 2 heterocycles. The number of fused-ring (bicyclic) bond motifs is 6. The summed E-state index contributed by atoms with van der Waals surface area (Å²) in [6, 6.07) is 15.3. The summed E-state index contributed by atoms with van der Waals surface area (Å²) in [5.74, 6) is 1.92. The molecule has 2 aliphatic rings. The number of rotatable bonds is 1. The third kappa shape index (κ3) is 2.50. The number of hydrogen-bond acceptors (Lipinski definition) is 3. The Morgan fingerprint density at radius 2 is 1.62 bits per heavy atom. The molecule has 0 fully saturated rings. The third-order valence-corrected chi connectivity index (χ3v) is 6.96. The van der Waals surface area contributed by atoms with Crippen molar-refractivity contribution in [1.29, 1.82) is 0 Å². The van der Waals surface area contributed by atoms with Crippen LogP contribution in [0.2, 0.25) is 0 Å². The molecule has 0 radical (unpaired) electrons. The molecule has 3 aromatic rings. The topological polar surface area (TPSA) is 35.2 Å². The number of aryl methyl sites for hydroxylation is 2. The van der Waals surface area contributed by atoms with E-state index < -0.39 is 0 Å². The maximum Gasteiger partial charge on any atom is 0.136 e. The first kappa shape index (κ1) is 16.1. The van der Waals surface area contributed by atoms with Crippen LogP contribution in [0, 0.1) is 0 Å². The Morgan fingerprint density at radius 1 is 0.885 bits per heavy atom. The smallest absolute Gasteiger partial charge is 0.136 e. The molecule has 26 heavy (non-hydrogen) atoms. The Labute approximate surface area is 158 Å². The minimum Gasteiger partial charge on any atom is -0.456 e. The highest BCUT2D eigenvalue weighted by atomic mass is 32.1. The van der Waals surface area contributed by atoms with E-state index in [9.17, 15) is 0 Å². The van der Waals surface area contributed by atoms with Crippen molar-refractivity contribution in [3.63, 3.8) is 0 Å². The van der Waals surface area contributed by atoms with Gasteiger partial charge in [-0.2, -0.15) is 0 Å². The van der Waals surface area contributed by atoms with Crippen molar-refractivity contribution in [2.24, 2.45) is 5.73 Å². The van der Waals surface area contributed by atoms with Crippen LogP contribution in [0.1, 0.15) is 42.7 Å². The fourth-order valence-corrected chi connectivity index (χ4v) is 5.24. The molecule has 132 valence electrons. The van der Waals surface area contributed by atoms with Gasteiger partial charge in [-0.15, -0.1) is 11.3 Å². The van der Waals surface area contributed by atoms with E-state index in [1.807, 2.05) is 17.4 Å². The molecule has 5 rings (SSSR count). The SMILES string of the molecule is CC(C)(N)c1cc2c(s1)-c1cc3c(cc1Oc1ccccc1-2)CCCC3. The largest absolute Gasteiger partial charge is 0.456 e. The zero-order valence-corrected chi connectivity index (χ0v) is 16.1. The van der Waals surface area contributed by atoms with Crippen LogP contribution in [-0.4, -0.2) is 0 Å². The second-order valence-corrected chi connectivity index (χ2v) is 9.05. The highest BCUT2D eigenvalue weighted by Crippen LogP contribution is 2.52. The van der Waals surface area contributed by atoms with Crippen LogP contribution in [-0.2, 0) is 18.4 Å². The van der Waals surface area contributed by atoms with Gasteiger partial charge in [0.2, 0.25) is 0 Å². The van der Waals surface area contributed by atoms with Crippen molar-refractivity contribution in [2.45, 2.75) is 45.1 Å². The van der Waals surface area contributed by atoms with Gasteiger partial charge in [-0.1, -0.05) is 18.2 Å². The van der Waals surface area contributed by atoms with E-state index >= 15 is 0 Å². The maximum atomic E-state index is 6.44. The van der Waals surface area contributed by atoms with Crippen LogP contribution < -0.4 is 10.5 Å². The van der Waals surface area contributed by atoms with Gasteiger partial charge in [0.05, 0.1) is 0 Å². The van der Waals surface area contributed by atoms with Crippen LogP contribution in [0.15, 0.2) is 42.5 Å². The molecule has 0 saturated heterocycles. The van der Waals surface area contributed by atoms with E-state index in [0.29, 0.717) is 0 Å². The van der Waals surface area contributed by atoms with Gasteiger partial charge in [-0.25, -0.2) is 0 Å². The zero-order valence-electron chi connectivity index (χ0n) is 15.3. The summed E-state index contributed by atoms with van der Waals surface area (Å²) in [6.07, 6.45) is 4.89. The Hall–Kier alpha value is -2.10. The Balaban J connectivity index is 1.81. The van der Waals surface area contributed by atoms with Crippen molar-refractivity contribution >= 4 is 11.3 Å². The van der Waals surface area contributed by atoms with Crippen LogP contribution >= 0.6 is 11.3 Å². The number of para-hydroxylation sites is 1. The van der Waals surface area contributed by atoms with E-state index in [4.69, 9.17) is 10.5 Å². The molecule has 0 saturated carbocycles. The lowest BCUT2D eigenvalue weighted by molar-refractivity contribution is 0.486. The highest BCUT2D eigenvalue weighted by molar-refractivity contribution is 7.16. The van der Waals surface area contributed by atoms with E-state index in [0.717, 1.165) is 23.5 Å². The Morgan fingerprint density at radius 3 is 2.38 bits per heavy atom. The number of ether oxygens (including phenoxy) is 1. The van der Waals surface area contributed by atoms with Crippen LogP contribution in [0.4, 0.5) is 0 Å². The third-order valence-electron chi connectivity index (χ3n) is 5.45. The normalized spacial score (nSPS) is 15.2. The quantitative estimate of drug-likeness (QED) is 0.434. The van der Waals surface area contributed by atoms with E-state index in [-0.39, 0.29) is 5.54 Å². The summed E-state index contributed by atoms with van der Waals surface area (Å²) in [6.45, 7) is 4.16. The van der Waals surface area contributed by atoms with Gasteiger partial charge in [0.1, 0.15) is 11.5 Å². The average Bonchev–Trinajstić information content (AvgIpc) is 3.02. The van der Waals surface area contributed by atoms with E-state index in [1.54, 1.807) is 0 Å². The van der Waals surface area contributed by atoms with Crippen molar-refractivity contribution in [1.82, 2.24) is 0 Å². The number of hydrogen-bond donors (Lipinski definition) is 1. The number of nitrogens with two attached hydrogens (primary N) is 1. The van der Waals surface area contributed by atoms with Crippen LogP contribution in [0.25, 0.3) is 21.6 Å². The molecule has 0 spiro atoms. The van der Waals surface area contributed by atoms with E-state index in [1.165, 1.54) is 51.3 Å². The van der Waals surface area contributed by atoms with Crippen molar-refractivity contribution in [3.05, 3.63) is 58.5 Å². The number of thiophene rings is 1. The predicted octanol–water partition coefficient (Wildman–Crippen LogP) is 6.26. The first-order chi connectivity index (χ1) is 12.5. The van der Waals surface area contributed by atoms with Gasteiger partial charge < -0.3 is 10.5 Å². The second kappa shape index (κ2) is 5.70. The minimum absolute atomic E-state index is 0.346. The summed E-state index contributed by atoms with van der Waals surface area (Å²) < 4.78 is 6.41. The van der Waals surface area contributed by atoms with Crippen molar-refractivity contribution < 1.29 is 4.74 Å². The standard InChI is InChI=1S/C23H23NOS/c1-23(2,24)21-13-17-16-9-5-6-10-19(16)25-20-12-15-8-4-3-7-14(15)11-18(20)22(17)26-21/h5-6,9-13H,3-4,7-8,24H2,1-2H3. The summed E-state index contributed by atoms with van der Waals surface area (Å²) in [5.41, 5.74) is 12.6. The van der Waals surface area contributed by atoms with Gasteiger partial charge in [0.15, 0.2) is 0 Å². The average molecular weight is 362 g/mol. The number of benzene rings is 2. The van der Waals surface area contributed by atoms with Crippen molar-refractivity contribution in [3.8, 4) is 33.1 Å². The van der Waals surface area contributed by atoms with Gasteiger partial charge >= 0.3 is 0 Å². The summed E-state index contributed by atoms with van der Waals surface area (Å²) >= 11 is 1.81. The molecule has 0 unspecified atom stereocenters. The molecule has 0 bridgehead atoms. The molecule has 1 aliphatic carbocycles. The first-order valence-corrected chi connectivity index (χ1v) is 10.2. The molecule has 2 aromatic carbocycles. The fraction of sp³-hybridized carbons (Fsp3) is 0.304.